The quantitative estimate of drug-likeness (QED) is 0.899. The molecule has 1 aliphatic rings. The maximum atomic E-state index is 11.1. The lowest BCUT2D eigenvalue weighted by molar-refractivity contribution is -0.119. The van der Waals surface area contributed by atoms with Gasteiger partial charge in [0.2, 0.25) is 5.91 Å². The minimum atomic E-state index is -0.0776. The molecule has 1 fully saturated rings. The minimum absolute atomic E-state index is 0.0568. The minimum Gasteiger partial charge on any atom is -0.374 e. The van der Waals surface area contributed by atoms with E-state index in [4.69, 9.17) is 27.9 Å². The highest BCUT2D eigenvalue weighted by atomic mass is 35.5. The Balaban J connectivity index is 2.18. The molecule has 2 rings (SSSR count). The van der Waals surface area contributed by atoms with Gasteiger partial charge in [-0.25, -0.2) is 0 Å². The number of hydrogen-bond donors (Lipinski definition) is 2. The zero-order valence-electron chi connectivity index (χ0n) is 11.3. The van der Waals surface area contributed by atoms with E-state index in [0.29, 0.717) is 23.2 Å². The average Bonchev–Trinajstić information content (AvgIpc) is 2.65. The molecule has 0 spiro atoms. The maximum Gasteiger partial charge on any atom is 0.216 e. The molecule has 4 nitrogen and oxygen atoms in total. The van der Waals surface area contributed by atoms with Crippen molar-refractivity contribution in [2.75, 3.05) is 26.2 Å². The van der Waals surface area contributed by atoms with Crippen LogP contribution in [0.15, 0.2) is 18.2 Å². The Morgan fingerprint density at radius 3 is 2.95 bits per heavy atom. The van der Waals surface area contributed by atoms with Gasteiger partial charge in [-0.05, 0) is 17.7 Å². The summed E-state index contributed by atoms with van der Waals surface area (Å²) in [5.41, 5.74) is 1.06. The highest BCUT2D eigenvalue weighted by Crippen LogP contribution is 2.29. The number of nitrogens with one attached hydrogen (secondary N) is 2. The first-order chi connectivity index (χ1) is 9.58. The monoisotopic (exact) mass is 316 g/mol. The predicted octanol–water partition coefficient (Wildman–Crippen LogP) is 2.20. The van der Waals surface area contributed by atoms with E-state index >= 15 is 0 Å². The number of amides is 1. The molecule has 20 heavy (non-hydrogen) atoms. The van der Waals surface area contributed by atoms with E-state index in [1.807, 2.05) is 12.1 Å². The smallest absolute Gasteiger partial charge is 0.216 e. The van der Waals surface area contributed by atoms with E-state index in [1.165, 1.54) is 6.92 Å². The van der Waals surface area contributed by atoms with Gasteiger partial charge in [-0.1, -0.05) is 29.3 Å². The van der Waals surface area contributed by atoms with Crippen LogP contribution in [0.1, 0.15) is 18.4 Å². The van der Waals surface area contributed by atoms with Crippen LogP contribution in [0.2, 0.25) is 10.0 Å². The van der Waals surface area contributed by atoms with Crippen LogP contribution in [0.25, 0.3) is 0 Å². The first-order valence-electron chi connectivity index (χ1n) is 6.59. The first-order valence-corrected chi connectivity index (χ1v) is 7.35. The molecular formula is C14H18Cl2N2O2. The van der Waals surface area contributed by atoms with Crippen molar-refractivity contribution in [3.8, 4) is 0 Å². The molecule has 2 atom stereocenters. The fourth-order valence-corrected chi connectivity index (χ4v) is 2.62. The molecule has 1 amide bonds. The number of halogens is 2. The number of carbonyl (C=O) groups excluding carboxylic acids is 1. The summed E-state index contributed by atoms with van der Waals surface area (Å²) < 4.78 is 5.84. The van der Waals surface area contributed by atoms with Crippen LogP contribution < -0.4 is 10.6 Å². The summed E-state index contributed by atoms with van der Waals surface area (Å²) in [6.07, 6.45) is -0.0776. The van der Waals surface area contributed by atoms with E-state index in [2.05, 4.69) is 10.6 Å². The van der Waals surface area contributed by atoms with Crippen molar-refractivity contribution in [2.24, 2.45) is 0 Å². The van der Waals surface area contributed by atoms with Crippen molar-refractivity contribution in [1.82, 2.24) is 10.6 Å². The highest BCUT2D eigenvalue weighted by Gasteiger charge is 2.26. The van der Waals surface area contributed by atoms with Gasteiger partial charge in [0.1, 0.15) is 0 Å². The third-order valence-corrected chi connectivity index (χ3v) is 4.09. The number of carbonyl (C=O) groups is 1. The van der Waals surface area contributed by atoms with Crippen LogP contribution in [0.3, 0.4) is 0 Å². The van der Waals surface area contributed by atoms with Crippen molar-refractivity contribution in [3.05, 3.63) is 33.8 Å². The van der Waals surface area contributed by atoms with Crippen molar-refractivity contribution in [2.45, 2.75) is 18.9 Å². The van der Waals surface area contributed by atoms with Gasteiger partial charge in [0.15, 0.2) is 0 Å². The zero-order chi connectivity index (χ0) is 14.5. The van der Waals surface area contributed by atoms with E-state index in [-0.39, 0.29) is 17.9 Å². The van der Waals surface area contributed by atoms with Crippen LogP contribution in [0, 0.1) is 0 Å². The van der Waals surface area contributed by atoms with Gasteiger partial charge in [-0.2, -0.15) is 0 Å². The van der Waals surface area contributed by atoms with Crippen molar-refractivity contribution >= 4 is 29.1 Å². The topological polar surface area (TPSA) is 50.4 Å². The molecule has 0 aromatic heterocycles. The van der Waals surface area contributed by atoms with Crippen LogP contribution in [-0.2, 0) is 9.53 Å². The van der Waals surface area contributed by atoms with Gasteiger partial charge < -0.3 is 15.4 Å². The largest absolute Gasteiger partial charge is 0.374 e. The number of hydrogen-bond acceptors (Lipinski definition) is 3. The van der Waals surface area contributed by atoms with Crippen LogP contribution in [0.5, 0.6) is 0 Å². The summed E-state index contributed by atoms with van der Waals surface area (Å²) in [4.78, 5) is 11.1. The van der Waals surface area contributed by atoms with Gasteiger partial charge in [0.25, 0.3) is 0 Å². The lowest BCUT2D eigenvalue weighted by atomic mass is 9.93. The van der Waals surface area contributed by atoms with Gasteiger partial charge >= 0.3 is 0 Å². The lowest BCUT2D eigenvalue weighted by Crippen LogP contribution is -2.37. The zero-order valence-corrected chi connectivity index (χ0v) is 12.8. The van der Waals surface area contributed by atoms with Gasteiger partial charge in [0, 0.05) is 32.5 Å². The molecule has 0 bridgehead atoms. The van der Waals surface area contributed by atoms with E-state index in [0.717, 1.165) is 18.7 Å². The molecule has 1 aromatic rings. The molecule has 1 saturated heterocycles. The van der Waals surface area contributed by atoms with Crippen molar-refractivity contribution in [3.63, 3.8) is 0 Å². The van der Waals surface area contributed by atoms with Crippen LogP contribution in [-0.4, -0.2) is 38.3 Å². The Hall–Kier alpha value is -0.810. The molecule has 0 aliphatic carbocycles. The molecule has 0 radical (unpaired) electrons. The Labute approximate surface area is 128 Å². The Kier molecular flexibility index (Phi) is 5.66. The Bertz CT molecular complexity index is 482. The summed E-state index contributed by atoms with van der Waals surface area (Å²) in [7, 11) is 0. The van der Waals surface area contributed by atoms with Gasteiger partial charge in [-0.15, -0.1) is 0 Å². The molecule has 2 N–H and O–H groups in total. The van der Waals surface area contributed by atoms with Crippen LogP contribution in [0.4, 0.5) is 0 Å². The van der Waals surface area contributed by atoms with Gasteiger partial charge in [-0.3, -0.25) is 4.79 Å². The Morgan fingerprint density at radius 2 is 2.25 bits per heavy atom. The Morgan fingerprint density at radius 1 is 1.45 bits per heavy atom. The number of rotatable bonds is 3. The fourth-order valence-electron chi connectivity index (χ4n) is 2.31. The molecule has 0 unspecified atom stereocenters. The molecule has 1 aromatic carbocycles. The second-order valence-corrected chi connectivity index (χ2v) is 5.64. The lowest BCUT2D eigenvalue weighted by Gasteiger charge is -2.25. The predicted molar refractivity (Wildman–Crippen MR) is 80.5 cm³/mol. The number of ether oxygens (including phenoxy) is 1. The van der Waals surface area contributed by atoms with Crippen molar-refractivity contribution in [1.29, 1.82) is 0 Å². The summed E-state index contributed by atoms with van der Waals surface area (Å²) in [5, 5.41) is 7.22. The second kappa shape index (κ2) is 7.27. The first kappa shape index (κ1) is 15.6. The molecule has 0 saturated carbocycles. The molecule has 110 valence electrons. The molecule has 1 heterocycles. The van der Waals surface area contributed by atoms with Gasteiger partial charge in [0.05, 0.1) is 22.8 Å². The average molecular weight is 317 g/mol. The molecule has 1 aliphatic heterocycles. The third-order valence-electron chi connectivity index (χ3n) is 3.35. The summed E-state index contributed by atoms with van der Waals surface area (Å²) in [5.74, 6) is 0.0674. The second-order valence-electron chi connectivity index (χ2n) is 4.83. The van der Waals surface area contributed by atoms with E-state index in [9.17, 15) is 4.79 Å². The third kappa shape index (κ3) is 4.09. The van der Waals surface area contributed by atoms with Crippen LogP contribution >= 0.6 is 23.2 Å². The van der Waals surface area contributed by atoms with E-state index < -0.39 is 0 Å². The maximum absolute atomic E-state index is 11.1. The van der Waals surface area contributed by atoms with Crippen molar-refractivity contribution < 1.29 is 9.53 Å². The summed E-state index contributed by atoms with van der Waals surface area (Å²) in [6.45, 7) is 4.20. The molecule has 6 heteroatoms. The highest BCUT2D eigenvalue weighted by molar-refractivity contribution is 6.42. The molecular weight excluding hydrogens is 299 g/mol. The SMILES string of the molecule is CC(=O)NC[C@H]1OCCNC[C@@H]1c1ccc(Cl)c(Cl)c1. The standard InChI is InChI=1S/C14H18Cl2N2O2/c1-9(19)18-8-14-11(7-17-4-5-20-14)10-2-3-12(15)13(16)6-10/h2-3,6,11,14,17H,4-5,7-8H2,1H3,(H,18,19)/t11-,14-/m1/s1. The number of benzene rings is 1. The van der Waals surface area contributed by atoms with E-state index in [1.54, 1.807) is 6.07 Å². The summed E-state index contributed by atoms with van der Waals surface area (Å²) in [6, 6.07) is 5.61. The fraction of sp³-hybridized carbons (Fsp3) is 0.500. The summed E-state index contributed by atoms with van der Waals surface area (Å²) >= 11 is 12.0. The normalized spacial score (nSPS) is 23.1.